The van der Waals surface area contributed by atoms with E-state index in [1.807, 2.05) is 0 Å². The van der Waals surface area contributed by atoms with Crippen molar-refractivity contribution in [2.45, 2.75) is 0 Å². The average molecular weight is 1880 g/mol. The largest absolute Gasteiger partial charge is 0.310 e. The first-order valence-corrected chi connectivity index (χ1v) is 51.2. The molecule has 148 heavy (non-hydrogen) atoms. The minimum Gasteiger partial charge on any atom is -0.310 e. The number of nitrogens with zero attached hydrogens (tertiary/aromatic N) is 7. The summed E-state index contributed by atoms with van der Waals surface area (Å²) in [4.78, 5) is 15.8. The van der Waals surface area contributed by atoms with Crippen molar-refractivity contribution in [1.29, 1.82) is 0 Å². The first-order chi connectivity index (χ1) is 73.5. The van der Waals surface area contributed by atoms with Crippen LogP contribution in [0.3, 0.4) is 0 Å². The van der Waals surface area contributed by atoms with Crippen LogP contribution in [0.5, 0.6) is 0 Å². The lowest BCUT2D eigenvalue weighted by Crippen LogP contribution is -2.74. The Hall–Kier alpha value is -19.0. The van der Waals surface area contributed by atoms with Crippen molar-refractivity contribution < 1.29 is 0 Å². The fraction of sp³-hybridized carbons (Fsp3) is 0. The molecule has 0 N–H and O–H groups in total. The first kappa shape index (κ1) is 88.0. The van der Waals surface area contributed by atoms with Gasteiger partial charge in [0.15, 0.2) is 0 Å². The number of hydrogen-bond acceptors (Lipinski definition) is 5. The highest BCUT2D eigenvalue weighted by molar-refractivity contribution is 7.12. The molecule has 0 unspecified atom stereocenters. The highest BCUT2D eigenvalue weighted by atomic mass is 15.2. The Kier molecular flexibility index (Phi) is 22.6. The van der Waals surface area contributed by atoms with Crippen molar-refractivity contribution in [3.05, 3.63) is 576 Å². The van der Waals surface area contributed by atoms with Gasteiger partial charge in [0, 0.05) is 123 Å². The van der Waals surface area contributed by atoms with Gasteiger partial charge < -0.3 is 28.7 Å². The molecule has 0 fully saturated rings. The number of fused-ring (bicyclic) bond motifs is 10. The lowest BCUT2D eigenvalue weighted by atomic mass is 9.21. The van der Waals surface area contributed by atoms with Gasteiger partial charge in [-0.1, -0.05) is 442 Å². The third-order valence-corrected chi connectivity index (χ3v) is 30.3. The Labute approximate surface area is 864 Å². The minimum atomic E-state index is -0.0331. The minimum absolute atomic E-state index is 0.0284. The van der Waals surface area contributed by atoms with Crippen molar-refractivity contribution in [3.63, 3.8) is 0 Å². The lowest BCUT2D eigenvalue weighted by molar-refractivity contribution is 1.18. The van der Waals surface area contributed by atoms with Crippen LogP contribution in [0.2, 0.25) is 0 Å². The summed E-state index contributed by atoms with van der Waals surface area (Å²) in [6.45, 7) is 0.102. The van der Waals surface area contributed by atoms with Gasteiger partial charge in [0.2, 0.25) is 26.9 Å². The molecule has 22 aromatic carbocycles. The van der Waals surface area contributed by atoms with Gasteiger partial charge in [0.1, 0.15) is 0 Å². The molecular formula is C137H95B4N7. The van der Waals surface area contributed by atoms with Crippen LogP contribution in [-0.4, -0.2) is 41.0 Å². The summed E-state index contributed by atoms with van der Waals surface area (Å²) in [6, 6.07) is 213. The van der Waals surface area contributed by atoms with E-state index in [-0.39, 0.29) is 26.9 Å². The molecular weight excluding hydrogens is 1790 g/mol. The monoisotopic (exact) mass is 1880 g/mol. The molecule has 0 radical (unpaired) electrons. The molecule has 11 heteroatoms. The predicted octanol–water partition coefficient (Wildman–Crippen LogP) is 26.5. The first-order valence-electron chi connectivity index (χ1n) is 51.2. The van der Waals surface area contributed by atoms with E-state index in [0.29, 0.717) is 0 Å². The van der Waals surface area contributed by atoms with E-state index in [9.17, 15) is 0 Å². The summed E-state index contributed by atoms with van der Waals surface area (Å²) in [7, 11) is 0. The van der Waals surface area contributed by atoms with Crippen LogP contribution < -0.4 is 85.2 Å². The maximum atomic E-state index is 6.33. The van der Waals surface area contributed by atoms with Crippen molar-refractivity contribution in [3.8, 4) is 56.1 Å². The van der Waals surface area contributed by atoms with Crippen LogP contribution in [0.1, 0.15) is 0 Å². The summed E-state index contributed by atoms with van der Waals surface area (Å²) in [5, 5.41) is 4.49. The van der Waals surface area contributed by atoms with Gasteiger partial charge in [-0.25, -0.2) is 4.98 Å². The van der Waals surface area contributed by atoms with Gasteiger partial charge in [-0.2, -0.15) is 0 Å². The van der Waals surface area contributed by atoms with Gasteiger partial charge in [0.25, 0.3) is 0 Å². The molecule has 690 valence electrons. The number of benzene rings is 22. The fourth-order valence-electron chi connectivity index (χ4n) is 23.7. The Morgan fingerprint density at radius 3 is 0.554 bits per heavy atom. The Morgan fingerprint density at radius 2 is 0.331 bits per heavy atom. The van der Waals surface area contributed by atoms with E-state index >= 15 is 0 Å². The van der Waals surface area contributed by atoms with E-state index in [4.69, 9.17) is 4.98 Å². The van der Waals surface area contributed by atoms with E-state index in [1.54, 1.807) is 0 Å². The smallest absolute Gasteiger partial charge is 0.240 e. The third-order valence-electron chi connectivity index (χ3n) is 30.3. The van der Waals surface area contributed by atoms with Crippen molar-refractivity contribution in [2.75, 3.05) is 19.6 Å². The van der Waals surface area contributed by atoms with Crippen LogP contribution in [0.25, 0.3) is 99.8 Å². The summed E-state index contributed by atoms with van der Waals surface area (Å²) < 4.78 is 4.92. The second-order valence-corrected chi connectivity index (χ2v) is 38.7. The zero-order valence-electron chi connectivity index (χ0n) is 81.3. The normalized spacial score (nSPS) is 12.0. The summed E-state index contributed by atoms with van der Waals surface area (Å²) in [6.07, 6.45) is 0. The maximum Gasteiger partial charge on any atom is 0.240 e. The van der Waals surface area contributed by atoms with Gasteiger partial charge in [-0.15, -0.1) is 0 Å². The number of hydrogen-bond donors (Lipinski definition) is 0. The van der Waals surface area contributed by atoms with Crippen LogP contribution in [0, 0.1) is 0 Å². The van der Waals surface area contributed by atoms with Crippen LogP contribution in [0.15, 0.2) is 576 Å². The molecule has 27 rings (SSSR count). The SMILES string of the molecule is c1ccc(B2c3ccccc3B(c3ccc(-c4cc(-c5ccc(-n6c7ccc(N(c8ccccc8)c8ccccc8)cc7c7cc(N(c8ccccc8)c8ccccc8)ccc76)cc5)c(-c5ccc(B6c7ccccc7B(c7ccccc7)c7ccccc76)cc5)nc4-c4ccc(-n5c6ccc(N(c7ccccc7)c7ccccc7)cc6c6cc(N(c7ccccc7)c7ccccc7)ccc65)cc4)cc3)c3ccccc32)cc1. The zero-order chi connectivity index (χ0) is 97.9. The van der Waals surface area contributed by atoms with Crippen molar-refractivity contribution in [1.82, 2.24) is 14.1 Å². The molecule has 3 aromatic heterocycles. The van der Waals surface area contributed by atoms with Crippen molar-refractivity contribution in [2.24, 2.45) is 0 Å². The molecule has 0 amide bonds. The van der Waals surface area contributed by atoms with Gasteiger partial charge in [0.05, 0.1) is 33.5 Å². The van der Waals surface area contributed by atoms with Crippen LogP contribution in [0.4, 0.5) is 68.2 Å². The number of aromatic nitrogens is 3. The second-order valence-electron chi connectivity index (χ2n) is 38.7. The molecule has 5 heterocycles. The molecule has 7 nitrogen and oxygen atoms in total. The third kappa shape index (κ3) is 15.8. The highest BCUT2D eigenvalue weighted by Gasteiger charge is 2.41. The molecule has 0 spiro atoms. The van der Waals surface area contributed by atoms with E-state index in [1.165, 1.54) is 65.6 Å². The average Bonchev–Trinajstić information content (AvgIpc) is 1.38. The van der Waals surface area contributed by atoms with Crippen LogP contribution >= 0.6 is 0 Å². The quantitative estimate of drug-likeness (QED) is 0.0632. The summed E-state index contributed by atoms with van der Waals surface area (Å²) >= 11 is 0. The Bertz CT molecular complexity index is 8130. The second kappa shape index (κ2) is 38.1. The summed E-state index contributed by atoms with van der Waals surface area (Å²) in [5.74, 6) is 0. The van der Waals surface area contributed by atoms with E-state index in [2.05, 4.69) is 605 Å². The molecule has 25 aromatic rings. The van der Waals surface area contributed by atoms with Gasteiger partial charge in [-0.3, -0.25) is 0 Å². The summed E-state index contributed by atoms with van der Waals surface area (Å²) in [5.41, 5.74) is 42.5. The van der Waals surface area contributed by atoms with Crippen molar-refractivity contribution >= 4 is 204 Å². The highest BCUT2D eigenvalue weighted by Crippen LogP contribution is 2.48. The van der Waals surface area contributed by atoms with Gasteiger partial charge >= 0.3 is 0 Å². The number of pyridine rings is 1. The fourth-order valence-corrected chi connectivity index (χ4v) is 23.7. The number of para-hydroxylation sites is 8. The van der Waals surface area contributed by atoms with E-state index < -0.39 is 0 Å². The molecule has 2 aliphatic rings. The molecule has 0 saturated carbocycles. The Morgan fingerprint density at radius 1 is 0.149 bits per heavy atom. The Balaban J connectivity index is 0.661. The lowest BCUT2D eigenvalue weighted by Gasteiger charge is -2.32. The molecule has 0 aliphatic carbocycles. The number of rotatable bonds is 22. The van der Waals surface area contributed by atoms with Crippen LogP contribution in [-0.2, 0) is 0 Å². The topological polar surface area (TPSA) is 35.7 Å². The standard InChI is InChI=1S/C137H95B4N7/c1-11-39-100(40-12-1)138-124-59-31-35-63-128(124)140(129-64-36-32-60-125(129)138)102-75-67-96(68-76-102)118-95-119(97-71-79-112(80-72-97)147-132-87-83-114(143(104-43-15-3-16-44-104)105-45-17-4-18-46-105)91-120(132)121-92-115(84-88-133(121)147)144(106-47-19-5-20-48-106)107-49-21-6-22-50-107)136(98-69-77-103(78-70-98)141-130-65-37-33-61-126(130)139(101-41-13-2-14-42-101)127-62-34-38-66-131(127)141)142-137(118)99-73-81-113(82-74-99)148-134-89-85-116(145(108-51-23-7-24-52-108)109-53-25-8-26-54-109)93-122(134)123-94-117(86-90-135(123)148)146(110-55-27-9-28-56-110)111-57-29-10-30-58-111/h1-95H. The molecule has 0 atom stereocenters. The van der Waals surface area contributed by atoms with Gasteiger partial charge in [-0.05, 0) is 211 Å². The zero-order valence-corrected chi connectivity index (χ0v) is 81.3. The molecule has 0 bridgehead atoms. The van der Waals surface area contributed by atoms with E-state index in [0.717, 1.165) is 168 Å². The predicted molar refractivity (Wildman–Crippen MR) is 631 cm³/mol. The maximum absolute atomic E-state index is 6.33. The molecule has 2 aliphatic heterocycles. The molecule has 0 saturated heterocycles. The number of anilines is 12.